The van der Waals surface area contributed by atoms with Gasteiger partial charge in [-0.1, -0.05) is 6.07 Å². The van der Waals surface area contributed by atoms with E-state index in [2.05, 4.69) is 6.92 Å². The smallest absolute Gasteiger partial charge is 0.159 e. The molecule has 2 atom stereocenters. The summed E-state index contributed by atoms with van der Waals surface area (Å²) in [5.41, 5.74) is 6.96. The molecule has 0 amide bonds. The molecule has 1 nitrogen and oxygen atoms in total. The molecule has 2 rings (SSSR count). The lowest BCUT2D eigenvalue weighted by atomic mass is 9.91. The Hall–Kier alpha value is -0.610. The molecule has 1 saturated heterocycles. The molecular weight excluding hydrogens is 240 g/mol. The standard InChI is InChI=1S/C13H17F2NS/c1-13(5-2-6-17-13)12(16)8-9-3-4-10(14)11(15)7-9/h3-4,7,12H,2,5-6,8,16H2,1H3. The number of halogens is 2. The molecule has 0 aromatic heterocycles. The average Bonchev–Trinajstić information content (AvgIpc) is 2.72. The Balaban J connectivity index is 2.07. The van der Waals surface area contributed by atoms with Gasteiger partial charge in [-0.2, -0.15) is 11.8 Å². The van der Waals surface area contributed by atoms with Gasteiger partial charge >= 0.3 is 0 Å². The van der Waals surface area contributed by atoms with Crippen molar-refractivity contribution in [1.29, 1.82) is 0 Å². The SMILES string of the molecule is CC1(C(N)Cc2ccc(F)c(F)c2)CCCS1. The number of hydrogen-bond acceptors (Lipinski definition) is 2. The van der Waals surface area contributed by atoms with Gasteiger partial charge in [0.2, 0.25) is 0 Å². The summed E-state index contributed by atoms with van der Waals surface area (Å²) in [6, 6.07) is 4.01. The molecule has 1 aromatic carbocycles. The molecule has 0 saturated carbocycles. The van der Waals surface area contributed by atoms with Crippen LogP contribution in [0.25, 0.3) is 0 Å². The van der Waals surface area contributed by atoms with E-state index in [-0.39, 0.29) is 10.8 Å². The predicted molar refractivity (Wildman–Crippen MR) is 68.1 cm³/mol. The van der Waals surface area contributed by atoms with Crippen molar-refractivity contribution in [3.63, 3.8) is 0 Å². The van der Waals surface area contributed by atoms with E-state index in [1.165, 1.54) is 18.6 Å². The third-order valence-electron chi connectivity index (χ3n) is 3.47. The molecule has 94 valence electrons. The molecule has 0 bridgehead atoms. The van der Waals surface area contributed by atoms with Gasteiger partial charge < -0.3 is 5.73 Å². The fourth-order valence-corrected chi connectivity index (χ4v) is 3.57. The normalized spacial score (nSPS) is 26.1. The molecule has 1 aliphatic heterocycles. The maximum Gasteiger partial charge on any atom is 0.159 e. The average molecular weight is 257 g/mol. The van der Waals surface area contributed by atoms with Gasteiger partial charge in [-0.25, -0.2) is 8.78 Å². The van der Waals surface area contributed by atoms with E-state index in [1.807, 2.05) is 11.8 Å². The van der Waals surface area contributed by atoms with Crippen LogP contribution in [-0.4, -0.2) is 16.5 Å². The van der Waals surface area contributed by atoms with Gasteiger partial charge in [0, 0.05) is 10.8 Å². The van der Waals surface area contributed by atoms with Crippen molar-refractivity contribution in [3.05, 3.63) is 35.4 Å². The first-order chi connectivity index (χ1) is 8.01. The highest BCUT2D eigenvalue weighted by Crippen LogP contribution is 2.40. The minimum Gasteiger partial charge on any atom is -0.326 e. The number of rotatable bonds is 3. The first-order valence-electron chi connectivity index (χ1n) is 5.85. The maximum absolute atomic E-state index is 13.1. The molecule has 0 radical (unpaired) electrons. The molecule has 1 heterocycles. The number of benzene rings is 1. The second-order valence-corrected chi connectivity index (χ2v) is 6.45. The summed E-state index contributed by atoms with van der Waals surface area (Å²) in [4.78, 5) is 0. The molecule has 1 aromatic rings. The Morgan fingerprint density at radius 3 is 2.76 bits per heavy atom. The first kappa shape index (κ1) is 12.8. The van der Waals surface area contributed by atoms with Gasteiger partial charge in [0.25, 0.3) is 0 Å². The highest BCUT2D eigenvalue weighted by atomic mass is 32.2. The minimum absolute atomic E-state index is 0.0140. The molecule has 0 spiro atoms. The molecule has 2 N–H and O–H groups in total. The van der Waals surface area contributed by atoms with Crippen molar-refractivity contribution in [2.45, 2.75) is 37.0 Å². The second kappa shape index (κ2) is 4.94. The zero-order chi connectivity index (χ0) is 12.5. The van der Waals surface area contributed by atoms with Crippen molar-refractivity contribution in [2.75, 3.05) is 5.75 Å². The molecule has 17 heavy (non-hydrogen) atoms. The summed E-state index contributed by atoms with van der Waals surface area (Å²) in [5.74, 6) is -0.454. The fraction of sp³-hybridized carbons (Fsp3) is 0.538. The van der Waals surface area contributed by atoms with Crippen LogP contribution in [0.1, 0.15) is 25.3 Å². The third-order valence-corrected chi connectivity index (χ3v) is 5.13. The molecular formula is C13H17F2NS. The Morgan fingerprint density at radius 1 is 1.41 bits per heavy atom. The number of nitrogens with two attached hydrogens (primary N) is 1. The van der Waals surface area contributed by atoms with Crippen LogP contribution in [0.15, 0.2) is 18.2 Å². The van der Waals surface area contributed by atoms with E-state index < -0.39 is 11.6 Å². The van der Waals surface area contributed by atoms with Gasteiger partial charge in [-0.15, -0.1) is 0 Å². The summed E-state index contributed by atoms with van der Waals surface area (Å²) in [6.07, 6.45) is 2.88. The van der Waals surface area contributed by atoms with Crippen molar-refractivity contribution < 1.29 is 8.78 Å². The third kappa shape index (κ3) is 2.80. The van der Waals surface area contributed by atoms with Crippen molar-refractivity contribution in [3.8, 4) is 0 Å². The van der Waals surface area contributed by atoms with E-state index in [0.29, 0.717) is 6.42 Å². The summed E-state index contributed by atoms with van der Waals surface area (Å²) < 4.78 is 26.0. The maximum atomic E-state index is 13.1. The molecule has 1 fully saturated rings. The summed E-state index contributed by atoms with van der Waals surface area (Å²) >= 11 is 1.89. The highest BCUT2D eigenvalue weighted by molar-refractivity contribution is 8.00. The quantitative estimate of drug-likeness (QED) is 0.900. The van der Waals surface area contributed by atoms with Crippen molar-refractivity contribution >= 4 is 11.8 Å². The van der Waals surface area contributed by atoms with E-state index in [0.717, 1.165) is 17.7 Å². The zero-order valence-electron chi connectivity index (χ0n) is 9.88. The van der Waals surface area contributed by atoms with Crippen LogP contribution in [0.3, 0.4) is 0 Å². The van der Waals surface area contributed by atoms with Crippen LogP contribution in [0.4, 0.5) is 8.78 Å². The minimum atomic E-state index is -0.802. The van der Waals surface area contributed by atoms with E-state index in [9.17, 15) is 8.78 Å². The van der Waals surface area contributed by atoms with Gasteiger partial charge in [-0.3, -0.25) is 0 Å². The van der Waals surface area contributed by atoms with Crippen LogP contribution >= 0.6 is 11.8 Å². The van der Waals surface area contributed by atoms with Crippen LogP contribution in [0, 0.1) is 11.6 Å². The van der Waals surface area contributed by atoms with E-state index in [4.69, 9.17) is 5.73 Å². The molecule has 4 heteroatoms. The second-order valence-electron chi connectivity index (χ2n) is 4.82. The van der Waals surface area contributed by atoms with Gasteiger partial charge in [-0.05, 0) is 49.6 Å². The lowest BCUT2D eigenvalue weighted by molar-refractivity contribution is 0.477. The van der Waals surface area contributed by atoms with Crippen LogP contribution < -0.4 is 5.73 Å². The monoisotopic (exact) mass is 257 g/mol. The molecule has 2 unspecified atom stereocenters. The van der Waals surface area contributed by atoms with Crippen LogP contribution in [0.2, 0.25) is 0 Å². The molecule has 1 aliphatic rings. The lowest BCUT2D eigenvalue weighted by Crippen LogP contribution is -2.42. The summed E-state index contributed by atoms with van der Waals surface area (Å²) in [5, 5.41) is 0. The summed E-state index contributed by atoms with van der Waals surface area (Å²) in [7, 11) is 0. The van der Waals surface area contributed by atoms with Crippen molar-refractivity contribution in [1.82, 2.24) is 0 Å². The number of thioether (sulfide) groups is 1. The zero-order valence-corrected chi connectivity index (χ0v) is 10.7. The lowest BCUT2D eigenvalue weighted by Gasteiger charge is -2.30. The largest absolute Gasteiger partial charge is 0.326 e. The van der Waals surface area contributed by atoms with Crippen LogP contribution in [0.5, 0.6) is 0 Å². The van der Waals surface area contributed by atoms with E-state index >= 15 is 0 Å². The predicted octanol–water partition coefficient (Wildman–Crippen LogP) is 3.12. The van der Waals surface area contributed by atoms with Gasteiger partial charge in [0.15, 0.2) is 11.6 Å². The Labute approximate surface area is 105 Å². The molecule has 0 aliphatic carbocycles. The van der Waals surface area contributed by atoms with Gasteiger partial charge in [0.1, 0.15) is 0 Å². The first-order valence-corrected chi connectivity index (χ1v) is 6.83. The highest BCUT2D eigenvalue weighted by Gasteiger charge is 2.35. The van der Waals surface area contributed by atoms with Crippen molar-refractivity contribution in [2.24, 2.45) is 5.73 Å². The van der Waals surface area contributed by atoms with Crippen LogP contribution in [-0.2, 0) is 6.42 Å². The Bertz CT molecular complexity index is 402. The fourth-order valence-electron chi connectivity index (χ4n) is 2.23. The van der Waals surface area contributed by atoms with E-state index in [1.54, 1.807) is 6.07 Å². The topological polar surface area (TPSA) is 26.0 Å². The number of hydrogen-bond donors (Lipinski definition) is 1. The Morgan fingerprint density at radius 2 is 2.18 bits per heavy atom. The summed E-state index contributed by atoms with van der Waals surface area (Å²) in [6.45, 7) is 2.16. The Kier molecular flexibility index (Phi) is 3.73. The van der Waals surface area contributed by atoms with Gasteiger partial charge in [0.05, 0.1) is 0 Å².